The molecule has 2 heterocycles. The number of hydrogen-bond acceptors (Lipinski definition) is 6. The highest BCUT2D eigenvalue weighted by molar-refractivity contribution is 7.09. The van der Waals surface area contributed by atoms with E-state index in [9.17, 15) is 5.11 Å². The molecule has 0 spiro atoms. The zero-order valence-corrected chi connectivity index (χ0v) is 9.68. The first-order valence-electron chi connectivity index (χ1n) is 4.91. The van der Waals surface area contributed by atoms with Crippen LogP contribution in [0.25, 0.3) is 0 Å². The lowest BCUT2D eigenvalue weighted by molar-refractivity contribution is 0.164. The monoisotopic (exact) mass is 239 g/mol. The van der Waals surface area contributed by atoms with Crippen LogP contribution in [-0.2, 0) is 13.6 Å². The van der Waals surface area contributed by atoms with Crippen LogP contribution in [0.15, 0.2) is 17.5 Å². The second kappa shape index (κ2) is 5.15. The lowest BCUT2D eigenvalue weighted by Gasteiger charge is -2.06. The first-order valence-corrected chi connectivity index (χ1v) is 5.79. The molecule has 7 heteroatoms. The highest BCUT2D eigenvalue weighted by Gasteiger charge is 2.12. The van der Waals surface area contributed by atoms with Gasteiger partial charge >= 0.3 is 0 Å². The second-order valence-corrected chi connectivity index (χ2v) is 4.40. The summed E-state index contributed by atoms with van der Waals surface area (Å²) in [7, 11) is 1.67. The van der Waals surface area contributed by atoms with Gasteiger partial charge < -0.3 is 10.4 Å². The topological polar surface area (TPSA) is 75.9 Å². The van der Waals surface area contributed by atoms with Gasteiger partial charge in [-0.25, -0.2) is 0 Å². The number of aliphatic hydroxyl groups excluding tert-OH is 1. The van der Waals surface area contributed by atoms with Crippen molar-refractivity contribution in [2.45, 2.75) is 12.6 Å². The lowest BCUT2D eigenvalue weighted by atomic mass is 10.3. The van der Waals surface area contributed by atoms with Crippen molar-refractivity contribution in [3.63, 3.8) is 0 Å². The summed E-state index contributed by atoms with van der Waals surface area (Å²) in [6, 6.07) is 4.05. The Hall–Kier alpha value is -1.31. The van der Waals surface area contributed by atoms with Crippen molar-refractivity contribution >= 4 is 11.3 Å². The second-order valence-electron chi connectivity index (χ2n) is 3.36. The minimum absolute atomic E-state index is 0.348. The van der Waals surface area contributed by atoms with Crippen molar-refractivity contribution in [1.82, 2.24) is 25.5 Å². The molecule has 16 heavy (non-hydrogen) atoms. The van der Waals surface area contributed by atoms with E-state index in [1.54, 1.807) is 18.4 Å². The van der Waals surface area contributed by atoms with Gasteiger partial charge in [0.15, 0.2) is 0 Å². The fourth-order valence-corrected chi connectivity index (χ4v) is 1.94. The number of aliphatic hydroxyl groups is 1. The quantitative estimate of drug-likeness (QED) is 0.773. The molecule has 86 valence electrons. The van der Waals surface area contributed by atoms with Gasteiger partial charge in [0, 0.05) is 18.0 Å². The van der Waals surface area contributed by atoms with Crippen molar-refractivity contribution in [3.05, 3.63) is 28.2 Å². The van der Waals surface area contributed by atoms with Crippen molar-refractivity contribution in [2.24, 2.45) is 7.05 Å². The Kier molecular flexibility index (Phi) is 3.60. The molecule has 0 saturated heterocycles. The van der Waals surface area contributed by atoms with Crippen LogP contribution in [-0.4, -0.2) is 31.9 Å². The summed E-state index contributed by atoms with van der Waals surface area (Å²) in [6.45, 7) is 1.17. The van der Waals surface area contributed by atoms with Gasteiger partial charge in [-0.3, -0.25) is 0 Å². The Bertz CT molecular complexity index is 427. The van der Waals surface area contributed by atoms with Crippen LogP contribution in [0.3, 0.4) is 0 Å². The first-order chi connectivity index (χ1) is 7.75. The number of hydrogen-bond donors (Lipinski definition) is 2. The Morgan fingerprint density at radius 1 is 1.62 bits per heavy atom. The summed E-state index contributed by atoms with van der Waals surface area (Å²) >= 11 is 1.68. The lowest BCUT2D eigenvalue weighted by Crippen LogP contribution is -2.21. The van der Waals surface area contributed by atoms with Gasteiger partial charge in [0.25, 0.3) is 0 Å². The molecule has 0 aliphatic rings. The zero-order valence-electron chi connectivity index (χ0n) is 8.87. The average Bonchev–Trinajstić information content (AvgIpc) is 2.89. The van der Waals surface area contributed by atoms with Gasteiger partial charge in [-0.05, 0) is 16.7 Å². The third-order valence-electron chi connectivity index (χ3n) is 2.04. The van der Waals surface area contributed by atoms with Gasteiger partial charge in [-0.1, -0.05) is 6.07 Å². The molecule has 0 unspecified atom stereocenters. The van der Waals surface area contributed by atoms with Gasteiger partial charge in [-0.15, -0.1) is 21.5 Å². The van der Waals surface area contributed by atoms with E-state index in [0.717, 1.165) is 6.54 Å². The van der Waals surface area contributed by atoms with E-state index in [1.807, 2.05) is 17.5 Å². The summed E-state index contributed by atoms with van der Waals surface area (Å²) in [5.41, 5.74) is 0. The molecule has 0 aliphatic carbocycles. The number of thiophene rings is 1. The molecule has 0 aliphatic heterocycles. The van der Waals surface area contributed by atoms with Gasteiger partial charge in [-0.2, -0.15) is 4.80 Å². The predicted molar refractivity (Wildman–Crippen MR) is 59.8 cm³/mol. The van der Waals surface area contributed by atoms with E-state index < -0.39 is 6.10 Å². The molecule has 0 radical (unpaired) electrons. The van der Waals surface area contributed by atoms with Gasteiger partial charge in [0.1, 0.15) is 6.10 Å². The fraction of sp³-hybridized carbons (Fsp3) is 0.444. The third kappa shape index (κ3) is 2.84. The number of tetrazole rings is 1. The van der Waals surface area contributed by atoms with E-state index in [-0.39, 0.29) is 0 Å². The van der Waals surface area contributed by atoms with Crippen molar-refractivity contribution in [3.8, 4) is 0 Å². The highest BCUT2D eigenvalue weighted by atomic mass is 32.1. The molecule has 0 fully saturated rings. The smallest absolute Gasteiger partial charge is 0.204 e. The fourth-order valence-electron chi connectivity index (χ4n) is 1.27. The highest BCUT2D eigenvalue weighted by Crippen LogP contribution is 2.08. The van der Waals surface area contributed by atoms with Crippen LogP contribution in [0, 0.1) is 0 Å². The molecule has 0 amide bonds. The molecule has 0 bridgehead atoms. The van der Waals surface area contributed by atoms with Crippen LogP contribution in [0.5, 0.6) is 0 Å². The minimum Gasteiger partial charge on any atom is -0.384 e. The Balaban J connectivity index is 1.78. The van der Waals surface area contributed by atoms with Gasteiger partial charge in [0.2, 0.25) is 5.82 Å². The molecule has 2 N–H and O–H groups in total. The Morgan fingerprint density at radius 2 is 2.50 bits per heavy atom. The maximum absolute atomic E-state index is 9.73. The van der Waals surface area contributed by atoms with E-state index >= 15 is 0 Å². The number of nitrogens with one attached hydrogen (secondary N) is 1. The normalized spacial score (nSPS) is 12.9. The van der Waals surface area contributed by atoms with Crippen LogP contribution >= 0.6 is 11.3 Å². The van der Waals surface area contributed by atoms with Crippen LogP contribution in [0.1, 0.15) is 16.8 Å². The average molecular weight is 239 g/mol. The maximum Gasteiger partial charge on any atom is 0.204 e. The van der Waals surface area contributed by atoms with E-state index in [2.05, 4.69) is 20.7 Å². The van der Waals surface area contributed by atoms with Crippen molar-refractivity contribution in [2.75, 3.05) is 6.54 Å². The molecule has 2 aromatic rings. The van der Waals surface area contributed by atoms with Crippen LogP contribution in [0.2, 0.25) is 0 Å². The molecule has 0 aromatic carbocycles. The van der Waals surface area contributed by atoms with E-state index in [0.29, 0.717) is 12.4 Å². The predicted octanol–water partition coefficient (Wildman–Crippen LogP) is 0.0948. The first kappa shape index (κ1) is 11.2. The van der Waals surface area contributed by atoms with Crippen LogP contribution in [0.4, 0.5) is 0 Å². The van der Waals surface area contributed by atoms with Crippen molar-refractivity contribution < 1.29 is 5.11 Å². The van der Waals surface area contributed by atoms with Crippen molar-refractivity contribution in [1.29, 1.82) is 0 Å². The standard InChI is InChI=1S/C9H13N5OS/c1-14-12-9(11-13-14)8(15)6-10-5-7-3-2-4-16-7/h2-4,8,10,15H,5-6H2,1H3/t8-/m1/s1. The molecule has 0 saturated carbocycles. The summed E-state index contributed by atoms with van der Waals surface area (Å²) < 4.78 is 0. The Labute approximate surface area is 96.9 Å². The zero-order chi connectivity index (χ0) is 11.4. The Morgan fingerprint density at radius 3 is 3.12 bits per heavy atom. The van der Waals surface area contributed by atoms with Gasteiger partial charge in [0.05, 0.1) is 7.05 Å². The third-order valence-corrected chi connectivity index (χ3v) is 2.92. The number of rotatable bonds is 5. The summed E-state index contributed by atoms with van der Waals surface area (Å²) in [5, 5.41) is 26.2. The van der Waals surface area contributed by atoms with Crippen LogP contribution < -0.4 is 5.32 Å². The molecule has 1 atom stereocenters. The van der Waals surface area contributed by atoms with E-state index in [1.165, 1.54) is 9.67 Å². The number of aromatic nitrogens is 4. The largest absolute Gasteiger partial charge is 0.384 e. The SMILES string of the molecule is Cn1nnc([C@H](O)CNCc2cccs2)n1. The molecular formula is C9H13N5OS. The summed E-state index contributed by atoms with van der Waals surface area (Å²) in [6.07, 6.45) is -0.714. The van der Waals surface area contributed by atoms with E-state index in [4.69, 9.17) is 0 Å². The number of aryl methyl sites for hydroxylation is 1. The summed E-state index contributed by atoms with van der Waals surface area (Å²) in [5.74, 6) is 0.348. The molecule has 6 nitrogen and oxygen atoms in total. The minimum atomic E-state index is -0.714. The number of nitrogens with zero attached hydrogens (tertiary/aromatic N) is 4. The molecule has 2 rings (SSSR count). The molecular weight excluding hydrogens is 226 g/mol. The summed E-state index contributed by atoms with van der Waals surface area (Å²) in [4.78, 5) is 2.57. The maximum atomic E-state index is 9.73. The molecule has 2 aromatic heterocycles.